The summed E-state index contributed by atoms with van der Waals surface area (Å²) in [6.45, 7) is 1.95. The van der Waals surface area contributed by atoms with E-state index in [9.17, 15) is 4.79 Å². The van der Waals surface area contributed by atoms with Gasteiger partial charge in [-0.15, -0.1) is 0 Å². The van der Waals surface area contributed by atoms with Crippen LogP contribution in [0.25, 0.3) is 11.3 Å². The summed E-state index contributed by atoms with van der Waals surface area (Å²) in [7, 11) is 0. The van der Waals surface area contributed by atoms with E-state index in [2.05, 4.69) is 10.4 Å². The Morgan fingerprint density at radius 2 is 2.15 bits per heavy atom. The summed E-state index contributed by atoms with van der Waals surface area (Å²) in [4.78, 5) is 11.8. The highest BCUT2D eigenvalue weighted by atomic mass is 35.5. The Hall–Kier alpha value is -1.78. The first kappa shape index (κ1) is 13.2. The van der Waals surface area contributed by atoms with Gasteiger partial charge in [0.05, 0.1) is 16.9 Å². The number of benzene rings is 1. The van der Waals surface area contributed by atoms with E-state index in [1.54, 1.807) is 29.1 Å². The van der Waals surface area contributed by atoms with Gasteiger partial charge in [-0.2, -0.15) is 5.10 Å². The zero-order valence-electron chi connectivity index (χ0n) is 10.7. The number of aromatic nitrogens is 2. The quantitative estimate of drug-likeness (QED) is 0.868. The van der Waals surface area contributed by atoms with E-state index < -0.39 is 0 Å². The monoisotopic (exact) mass is 307 g/mol. The summed E-state index contributed by atoms with van der Waals surface area (Å²) in [6.07, 6.45) is 3.94. The molecule has 2 heterocycles. The summed E-state index contributed by atoms with van der Waals surface area (Å²) in [6, 6.07) is 5.13. The number of hydrogen-bond donors (Lipinski definition) is 1. The third kappa shape index (κ3) is 2.21. The van der Waals surface area contributed by atoms with Gasteiger partial charge in [-0.05, 0) is 30.7 Å². The van der Waals surface area contributed by atoms with E-state index in [1.165, 1.54) is 0 Å². The Labute approximate surface area is 126 Å². The van der Waals surface area contributed by atoms with Crippen molar-refractivity contribution >= 4 is 40.5 Å². The number of amides is 1. The number of anilines is 1. The molecule has 0 saturated carbocycles. The molecule has 3 rings (SSSR count). The third-order valence-corrected chi connectivity index (χ3v) is 3.74. The first-order valence-electron chi connectivity index (χ1n) is 6.06. The molecule has 0 radical (unpaired) electrons. The third-order valence-electron chi connectivity index (χ3n) is 3.18. The number of fused-ring (bicyclic) bond motifs is 1. The van der Waals surface area contributed by atoms with Gasteiger partial charge in [-0.1, -0.05) is 29.3 Å². The van der Waals surface area contributed by atoms with Gasteiger partial charge in [0.15, 0.2) is 0 Å². The maximum absolute atomic E-state index is 11.8. The predicted molar refractivity (Wildman–Crippen MR) is 80.5 cm³/mol. The average Bonchev–Trinajstić information content (AvgIpc) is 2.76. The Morgan fingerprint density at radius 1 is 1.35 bits per heavy atom. The molecule has 1 aromatic carbocycles. The van der Waals surface area contributed by atoms with Crippen molar-refractivity contribution in [3.05, 3.63) is 46.1 Å². The van der Waals surface area contributed by atoms with E-state index in [1.807, 2.05) is 13.0 Å². The van der Waals surface area contributed by atoms with Crippen molar-refractivity contribution in [2.75, 3.05) is 5.32 Å². The molecule has 0 saturated heterocycles. The minimum Gasteiger partial charge on any atom is -0.310 e. The smallest absolute Gasteiger partial charge is 0.229 e. The van der Waals surface area contributed by atoms with Crippen molar-refractivity contribution in [3.63, 3.8) is 0 Å². The second kappa shape index (κ2) is 4.96. The lowest BCUT2D eigenvalue weighted by Crippen LogP contribution is -2.13. The van der Waals surface area contributed by atoms with Gasteiger partial charge in [-0.3, -0.25) is 4.79 Å². The molecule has 6 heteroatoms. The standard InChI is InChI=1S/C14H11Cl2N3O/c1-8-2-5-13(20)18-14-10(8)7-17-19(14)12-6-9(15)3-4-11(12)16/h2-4,6-7H,5H2,1H3,(H,18,20). The Morgan fingerprint density at radius 3 is 2.95 bits per heavy atom. The SMILES string of the molecule is CC1=CCC(=O)Nc2c1cnn2-c1cc(Cl)ccc1Cl. The molecule has 0 bridgehead atoms. The van der Waals surface area contributed by atoms with Crippen LogP contribution in [-0.2, 0) is 4.79 Å². The van der Waals surface area contributed by atoms with Crippen molar-refractivity contribution in [1.82, 2.24) is 9.78 Å². The maximum atomic E-state index is 11.8. The van der Waals surface area contributed by atoms with Crippen LogP contribution in [0.1, 0.15) is 18.9 Å². The molecule has 0 fully saturated rings. The molecule has 1 aliphatic heterocycles. The fourth-order valence-electron chi connectivity index (χ4n) is 2.13. The van der Waals surface area contributed by atoms with Crippen LogP contribution in [0.15, 0.2) is 30.5 Å². The van der Waals surface area contributed by atoms with Gasteiger partial charge in [0.25, 0.3) is 0 Å². The van der Waals surface area contributed by atoms with Crippen LogP contribution in [0.4, 0.5) is 5.82 Å². The Bertz CT molecular complexity index is 734. The number of hydrogen-bond acceptors (Lipinski definition) is 2. The zero-order chi connectivity index (χ0) is 14.3. The number of nitrogens with one attached hydrogen (secondary N) is 1. The molecule has 0 spiro atoms. The molecule has 0 atom stereocenters. The van der Waals surface area contributed by atoms with Crippen molar-refractivity contribution in [2.24, 2.45) is 0 Å². The number of carbonyl (C=O) groups is 1. The van der Waals surface area contributed by atoms with Crippen LogP contribution < -0.4 is 5.32 Å². The molecular formula is C14H11Cl2N3O. The number of rotatable bonds is 1. The lowest BCUT2D eigenvalue weighted by molar-refractivity contribution is -0.115. The van der Waals surface area contributed by atoms with E-state index in [-0.39, 0.29) is 5.91 Å². The van der Waals surface area contributed by atoms with Gasteiger partial charge in [0.2, 0.25) is 5.91 Å². The number of nitrogens with zero attached hydrogens (tertiary/aromatic N) is 2. The number of allylic oxidation sites excluding steroid dienone is 1. The second-order valence-corrected chi connectivity index (χ2v) is 5.40. The van der Waals surface area contributed by atoms with Crippen LogP contribution in [0, 0.1) is 0 Å². The molecule has 102 valence electrons. The van der Waals surface area contributed by atoms with Crippen LogP contribution in [0.3, 0.4) is 0 Å². The van der Waals surface area contributed by atoms with Gasteiger partial charge >= 0.3 is 0 Å². The van der Waals surface area contributed by atoms with Gasteiger partial charge in [-0.25, -0.2) is 4.68 Å². The van der Waals surface area contributed by atoms with Crippen molar-refractivity contribution < 1.29 is 4.79 Å². The zero-order valence-corrected chi connectivity index (χ0v) is 12.2. The lowest BCUT2D eigenvalue weighted by atomic mass is 10.1. The molecule has 1 aromatic heterocycles. The first-order chi connectivity index (χ1) is 9.56. The van der Waals surface area contributed by atoms with E-state index in [0.29, 0.717) is 28.0 Å². The van der Waals surface area contributed by atoms with Gasteiger partial charge in [0.1, 0.15) is 5.82 Å². The average molecular weight is 308 g/mol. The Kier molecular flexibility index (Phi) is 3.28. The van der Waals surface area contributed by atoms with Gasteiger partial charge in [0, 0.05) is 17.0 Å². The van der Waals surface area contributed by atoms with E-state index >= 15 is 0 Å². The highest BCUT2D eigenvalue weighted by Gasteiger charge is 2.20. The first-order valence-corrected chi connectivity index (χ1v) is 6.82. The molecule has 1 N–H and O–H groups in total. The van der Waals surface area contributed by atoms with E-state index in [4.69, 9.17) is 23.2 Å². The number of halogens is 2. The molecule has 0 aliphatic carbocycles. The number of carbonyl (C=O) groups excluding carboxylic acids is 1. The summed E-state index contributed by atoms with van der Waals surface area (Å²) >= 11 is 12.2. The lowest BCUT2D eigenvalue weighted by Gasteiger charge is -2.11. The normalized spacial score (nSPS) is 14.3. The second-order valence-electron chi connectivity index (χ2n) is 4.55. The molecule has 0 unspecified atom stereocenters. The van der Waals surface area contributed by atoms with Gasteiger partial charge < -0.3 is 5.32 Å². The highest BCUT2D eigenvalue weighted by molar-refractivity contribution is 6.34. The Balaban J connectivity index is 2.20. The predicted octanol–water partition coefficient (Wildman–Crippen LogP) is 3.92. The highest BCUT2D eigenvalue weighted by Crippen LogP contribution is 2.32. The minimum atomic E-state index is -0.0806. The summed E-state index contributed by atoms with van der Waals surface area (Å²) in [5.74, 6) is 0.536. The van der Waals surface area contributed by atoms with Crippen molar-refractivity contribution in [1.29, 1.82) is 0 Å². The van der Waals surface area contributed by atoms with Crippen LogP contribution in [-0.4, -0.2) is 15.7 Å². The summed E-state index contributed by atoms with van der Waals surface area (Å²) in [5.41, 5.74) is 2.52. The molecule has 20 heavy (non-hydrogen) atoms. The molecule has 2 aromatic rings. The van der Waals surface area contributed by atoms with Crippen LogP contribution in [0.2, 0.25) is 10.0 Å². The van der Waals surface area contributed by atoms with E-state index in [0.717, 1.165) is 11.1 Å². The molecule has 1 amide bonds. The molecular weight excluding hydrogens is 297 g/mol. The van der Waals surface area contributed by atoms with Crippen LogP contribution >= 0.6 is 23.2 Å². The van der Waals surface area contributed by atoms with Crippen LogP contribution in [0.5, 0.6) is 0 Å². The topological polar surface area (TPSA) is 46.9 Å². The summed E-state index contributed by atoms with van der Waals surface area (Å²) < 4.78 is 1.60. The molecule has 4 nitrogen and oxygen atoms in total. The fraction of sp³-hybridized carbons (Fsp3) is 0.143. The minimum absolute atomic E-state index is 0.0806. The largest absolute Gasteiger partial charge is 0.310 e. The summed E-state index contributed by atoms with van der Waals surface area (Å²) in [5, 5.41) is 8.24. The molecule has 1 aliphatic rings. The maximum Gasteiger partial charge on any atom is 0.229 e. The fourth-order valence-corrected chi connectivity index (χ4v) is 2.49. The van der Waals surface area contributed by atoms with Crippen molar-refractivity contribution in [3.8, 4) is 5.69 Å². The van der Waals surface area contributed by atoms with Crippen molar-refractivity contribution in [2.45, 2.75) is 13.3 Å².